The Morgan fingerprint density at radius 1 is 1.00 bits per heavy atom. The van der Waals surface area contributed by atoms with Gasteiger partial charge in [0.2, 0.25) is 5.95 Å². The summed E-state index contributed by atoms with van der Waals surface area (Å²) in [6.07, 6.45) is 11.0. The van der Waals surface area contributed by atoms with Crippen molar-refractivity contribution in [1.29, 1.82) is 0 Å². The second-order valence-corrected chi connectivity index (χ2v) is 14.0. The molecule has 0 amide bonds. The number of aryl methyl sites for hydroxylation is 1. The molecule has 1 unspecified atom stereocenters. The van der Waals surface area contributed by atoms with Gasteiger partial charge < -0.3 is 29.9 Å². The predicted octanol–water partition coefficient (Wildman–Crippen LogP) is 5.55. The summed E-state index contributed by atoms with van der Waals surface area (Å²) >= 11 is 3.58. The summed E-state index contributed by atoms with van der Waals surface area (Å²) in [4.78, 5) is 25.8. The summed E-state index contributed by atoms with van der Waals surface area (Å²) in [5, 5.41) is 6.75. The molecule has 4 aromatic rings. The zero-order valence-corrected chi connectivity index (χ0v) is 29.8. The molecule has 2 aromatic carbocycles. The SMILES string of the molecule is CCc1cc(Nc2ncc(Br)c(Nc3ccc4nccnc4c3NS(C)=O)n2)c(OC)cc1N1CCC(N2CCCN(C)CC2)CC1. The van der Waals surface area contributed by atoms with E-state index in [1.807, 2.05) is 12.1 Å². The topological polar surface area (TPSA) is 124 Å². The van der Waals surface area contributed by atoms with Crippen LogP contribution in [0.1, 0.15) is 31.7 Å². The molecule has 14 heteroatoms. The summed E-state index contributed by atoms with van der Waals surface area (Å²) < 4.78 is 21.8. The maximum Gasteiger partial charge on any atom is 0.229 e. The van der Waals surface area contributed by atoms with Crippen molar-refractivity contribution in [3.05, 3.63) is 52.9 Å². The molecular weight excluding hydrogens is 680 g/mol. The van der Waals surface area contributed by atoms with Crippen LogP contribution in [0.5, 0.6) is 5.75 Å². The van der Waals surface area contributed by atoms with Crippen LogP contribution in [0.4, 0.5) is 34.5 Å². The average molecular weight is 724 g/mol. The van der Waals surface area contributed by atoms with Gasteiger partial charge in [-0.05, 0) is 85.5 Å². The summed E-state index contributed by atoms with van der Waals surface area (Å²) in [6.45, 7) is 8.98. The molecule has 0 saturated carbocycles. The molecule has 2 saturated heterocycles. The summed E-state index contributed by atoms with van der Waals surface area (Å²) in [7, 11) is 2.60. The van der Waals surface area contributed by atoms with E-state index in [4.69, 9.17) is 9.72 Å². The maximum atomic E-state index is 12.2. The highest BCUT2D eigenvalue weighted by Gasteiger charge is 2.27. The number of nitrogens with one attached hydrogen (secondary N) is 3. The number of benzene rings is 2. The molecule has 2 aliphatic rings. The second-order valence-electron chi connectivity index (χ2n) is 12.1. The quantitative estimate of drug-likeness (QED) is 0.191. The van der Waals surface area contributed by atoms with Crippen molar-refractivity contribution in [2.75, 3.05) is 79.9 Å². The van der Waals surface area contributed by atoms with Crippen molar-refractivity contribution in [3.8, 4) is 5.75 Å². The number of rotatable bonds is 10. The Morgan fingerprint density at radius 2 is 1.81 bits per heavy atom. The van der Waals surface area contributed by atoms with Crippen LogP contribution >= 0.6 is 15.9 Å². The smallest absolute Gasteiger partial charge is 0.229 e. The predicted molar refractivity (Wildman–Crippen MR) is 195 cm³/mol. The molecule has 47 heavy (non-hydrogen) atoms. The summed E-state index contributed by atoms with van der Waals surface area (Å²) in [5.41, 5.74) is 5.80. The lowest BCUT2D eigenvalue weighted by Crippen LogP contribution is -2.46. The van der Waals surface area contributed by atoms with Gasteiger partial charge in [0, 0.05) is 68.8 Å². The fraction of sp³-hybridized carbons (Fsp3) is 0.455. The van der Waals surface area contributed by atoms with Crippen LogP contribution in [-0.4, -0.2) is 99.7 Å². The van der Waals surface area contributed by atoms with E-state index in [0.717, 1.165) is 37.5 Å². The first kappa shape index (κ1) is 33.3. The van der Waals surface area contributed by atoms with Crippen molar-refractivity contribution >= 4 is 72.5 Å². The number of hydrogen-bond donors (Lipinski definition) is 3. The minimum absolute atomic E-state index is 0.405. The Kier molecular flexibility index (Phi) is 10.7. The molecule has 3 N–H and O–H groups in total. The van der Waals surface area contributed by atoms with Crippen LogP contribution in [0, 0.1) is 0 Å². The van der Waals surface area contributed by atoms with Crippen molar-refractivity contribution in [2.24, 2.45) is 0 Å². The first-order valence-corrected chi connectivity index (χ1v) is 18.5. The van der Waals surface area contributed by atoms with Crippen LogP contribution in [0.2, 0.25) is 0 Å². The van der Waals surface area contributed by atoms with Gasteiger partial charge in [-0.2, -0.15) is 4.98 Å². The van der Waals surface area contributed by atoms with Crippen molar-refractivity contribution in [1.82, 2.24) is 29.7 Å². The number of aromatic nitrogens is 4. The third kappa shape index (κ3) is 7.77. The van der Waals surface area contributed by atoms with E-state index in [1.54, 1.807) is 32.0 Å². The minimum Gasteiger partial charge on any atom is -0.494 e. The Bertz CT molecular complexity index is 1740. The van der Waals surface area contributed by atoms with Gasteiger partial charge in [-0.25, -0.2) is 9.19 Å². The van der Waals surface area contributed by atoms with E-state index in [2.05, 4.69) is 87.0 Å². The molecular formula is C33H43BrN10O2S. The standard InChI is InChI=1S/C33H43BrN10O2S/c1-5-22-19-27(29(46-3)20-28(22)44-15-9-23(10-16-44)43-14-6-13-42(2)17-18-43)39-33-37-21-24(34)32(40-33)38-26-8-7-25-30(36-12-11-35-25)31(26)41-47(4)45/h7-8,11-12,19-21,23,41H,5-6,9-10,13-18H2,1-4H3,(H2,37,38,39,40). The molecule has 4 heterocycles. The van der Waals surface area contributed by atoms with Gasteiger partial charge in [0.1, 0.15) is 28.1 Å². The third-order valence-electron chi connectivity index (χ3n) is 8.99. The van der Waals surface area contributed by atoms with E-state index in [1.165, 1.54) is 50.1 Å². The number of methoxy groups -OCH3 is 1. The second kappa shape index (κ2) is 15.1. The number of fused-ring (bicyclic) bond motifs is 1. The van der Waals surface area contributed by atoms with E-state index in [-0.39, 0.29) is 0 Å². The zero-order valence-electron chi connectivity index (χ0n) is 27.4. The van der Waals surface area contributed by atoms with Gasteiger partial charge in [-0.3, -0.25) is 14.9 Å². The molecule has 0 radical (unpaired) electrons. The van der Waals surface area contributed by atoms with Crippen molar-refractivity contribution < 1.29 is 8.95 Å². The molecule has 1 atom stereocenters. The molecule has 0 aliphatic carbocycles. The number of hydrogen-bond acceptors (Lipinski definition) is 11. The first-order chi connectivity index (χ1) is 22.8. The minimum atomic E-state index is -1.33. The van der Waals surface area contributed by atoms with E-state index < -0.39 is 11.0 Å². The van der Waals surface area contributed by atoms with Gasteiger partial charge in [0.05, 0.1) is 34.2 Å². The number of ether oxygens (including phenoxy) is 1. The molecule has 0 bridgehead atoms. The lowest BCUT2D eigenvalue weighted by molar-refractivity contribution is 0.174. The summed E-state index contributed by atoms with van der Waals surface area (Å²) in [5.74, 6) is 1.67. The van der Waals surface area contributed by atoms with E-state index in [0.29, 0.717) is 44.7 Å². The largest absolute Gasteiger partial charge is 0.494 e. The Morgan fingerprint density at radius 3 is 2.57 bits per heavy atom. The number of halogens is 1. The molecule has 250 valence electrons. The van der Waals surface area contributed by atoms with Crippen LogP contribution < -0.4 is 25.0 Å². The van der Waals surface area contributed by atoms with E-state index >= 15 is 0 Å². The first-order valence-electron chi connectivity index (χ1n) is 16.1. The normalized spacial score (nSPS) is 17.3. The lowest BCUT2D eigenvalue weighted by atomic mass is 10.00. The summed E-state index contributed by atoms with van der Waals surface area (Å²) in [6, 6.07) is 8.68. The van der Waals surface area contributed by atoms with Crippen LogP contribution in [-0.2, 0) is 17.4 Å². The zero-order chi connectivity index (χ0) is 32.9. The fourth-order valence-electron chi connectivity index (χ4n) is 6.51. The molecule has 2 aliphatic heterocycles. The number of piperidine rings is 1. The Hall–Kier alpha value is -3.59. The van der Waals surface area contributed by atoms with Gasteiger partial charge in [-0.15, -0.1) is 0 Å². The molecule has 6 rings (SSSR count). The highest BCUT2D eigenvalue weighted by atomic mass is 79.9. The van der Waals surface area contributed by atoms with Gasteiger partial charge in [0.15, 0.2) is 0 Å². The fourth-order valence-corrected chi connectivity index (χ4v) is 7.30. The maximum absolute atomic E-state index is 12.2. The molecule has 2 fully saturated rings. The third-order valence-corrected chi connectivity index (χ3v) is 10.1. The average Bonchev–Trinajstić information content (AvgIpc) is 3.31. The van der Waals surface area contributed by atoms with E-state index in [9.17, 15) is 4.21 Å². The monoisotopic (exact) mass is 722 g/mol. The van der Waals surface area contributed by atoms with Crippen LogP contribution in [0.3, 0.4) is 0 Å². The lowest BCUT2D eigenvalue weighted by Gasteiger charge is -2.40. The number of anilines is 6. The number of likely N-dealkylation sites (N-methyl/N-ethyl adjacent to an activating group) is 1. The number of nitrogens with zero attached hydrogens (tertiary/aromatic N) is 7. The van der Waals surface area contributed by atoms with Gasteiger partial charge in [-0.1, -0.05) is 6.92 Å². The highest BCUT2D eigenvalue weighted by molar-refractivity contribution is 9.10. The highest BCUT2D eigenvalue weighted by Crippen LogP contribution is 2.38. The van der Waals surface area contributed by atoms with Crippen molar-refractivity contribution in [2.45, 2.75) is 38.6 Å². The molecule has 0 spiro atoms. The molecule has 12 nitrogen and oxygen atoms in total. The van der Waals surface area contributed by atoms with Crippen LogP contribution in [0.15, 0.2) is 47.3 Å². The van der Waals surface area contributed by atoms with Crippen LogP contribution in [0.25, 0.3) is 11.0 Å². The van der Waals surface area contributed by atoms with Gasteiger partial charge >= 0.3 is 0 Å². The van der Waals surface area contributed by atoms with Gasteiger partial charge in [0.25, 0.3) is 0 Å². The molecule has 2 aromatic heterocycles. The Labute approximate surface area is 287 Å². The van der Waals surface area contributed by atoms with Crippen molar-refractivity contribution in [3.63, 3.8) is 0 Å². The Balaban J connectivity index is 1.21.